The molecule has 0 bridgehead atoms. The summed E-state index contributed by atoms with van der Waals surface area (Å²) < 4.78 is 0. The molecule has 1 amide bonds. The van der Waals surface area contributed by atoms with Crippen LogP contribution in [0.15, 0.2) is 4.99 Å². The number of hydrogen-bond donors (Lipinski definition) is 1. The molecule has 1 saturated carbocycles. The molecule has 0 radical (unpaired) electrons. The van der Waals surface area contributed by atoms with E-state index in [4.69, 9.17) is 4.99 Å². The second kappa shape index (κ2) is 10.5. The van der Waals surface area contributed by atoms with Crippen molar-refractivity contribution < 1.29 is 4.79 Å². The normalized spacial score (nSPS) is 15.1. The minimum atomic E-state index is 0.148. The average molecular weight is 340 g/mol. The second-order valence-electron chi connectivity index (χ2n) is 6.72. The topological polar surface area (TPSA) is 51.2 Å². The molecule has 0 spiro atoms. The summed E-state index contributed by atoms with van der Waals surface area (Å²) in [5.74, 6) is 0.965. The van der Waals surface area contributed by atoms with E-state index < -0.39 is 0 Å². The lowest BCUT2D eigenvalue weighted by molar-refractivity contribution is -0.131. The Kier molecular flexibility index (Phi) is 9.11. The highest BCUT2D eigenvalue weighted by molar-refractivity contribution is 5.86. The number of nitrogens with one attached hydrogen (secondary N) is 1. The smallest absolute Gasteiger partial charge is 0.242 e. The fourth-order valence-corrected chi connectivity index (χ4v) is 2.96. The third-order valence-corrected chi connectivity index (χ3v) is 4.48. The lowest BCUT2D eigenvalue weighted by Gasteiger charge is -2.27. The van der Waals surface area contributed by atoms with E-state index >= 15 is 0 Å². The third-order valence-electron chi connectivity index (χ3n) is 4.48. The van der Waals surface area contributed by atoms with Crippen molar-refractivity contribution in [1.82, 2.24) is 20.0 Å². The van der Waals surface area contributed by atoms with Crippen LogP contribution in [0.4, 0.5) is 0 Å². The van der Waals surface area contributed by atoms with E-state index in [0.717, 1.165) is 44.7 Å². The third kappa shape index (κ3) is 6.67. The predicted molar refractivity (Wildman–Crippen MR) is 101 cm³/mol. The summed E-state index contributed by atoms with van der Waals surface area (Å²) in [6, 6.07) is 1.32. The summed E-state index contributed by atoms with van der Waals surface area (Å²) in [6.07, 6.45) is 2.64. The molecule has 1 fully saturated rings. The highest BCUT2D eigenvalue weighted by Crippen LogP contribution is 2.28. The van der Waals surface area contributed by atoms with Crippen LogP contribution in [0, 0.1) is 0 Å². The molecule has 140 valence electrons. The quantitative estimate of drug-likeness (QED) is 0.485. The Balaban J connectivity index is 2.58. The molecule has 0 aliphatic heterocycles. The van der Waals surface area contributed by atoms with Crippen LogP contribution in [0.2, 0.25) is 0 Å². The van der Waals surface area contributed by atoms with Gasteiger partial charge in [0.05, 0.1) is 13.1 Å². The molecule has 0 aromatic carbocycles. The van der Waals surface area contributed by atoms with Crippen LogP contribution >= 0.6 is 0 Å². The first-order valence-corrected chi connectivity index (χ1v) is 9.47. The molecule has 0 heterocycles. The summed E-state index contributed by atoms with van der Waals surface area (Å²) in [6.45, 7) is 15.0. The van der Waals surface area contributed by atoms with Crippen LogP contribution in [0.5, 0.6) is 0 Å². The van der Waals surface area contributed by atoms with Crippen LogP contribution < -0.4 is 5.32 Å². The van der Waals surface area contributed by atoms with Crippen molar-refractivity contribution in [3.05, 3.63) is 0 Å². The molecule has 0 aromatic rings. The van der Waals surface area contributed by atoms with Crippen LogP contribution in [0.3, 0.4) is 0 Å². The van der Waals surface area contributed by atoms with Crippen molar-refractivity contribution in [3.8, 4) is 0 Å². The summed E-state index contributed by atoms with van der Waals surface area (Å²) in [4.78, 5) is 23.3. The van der Waals surface area contributed by atoms with Crippen LogP contribution in [0.1, 0.15) is 47.5 Å². The van der Waals surface area contributed by atoms with Gasteiger partial charge in [0.1, 0.15) is 0 Å². The first kappa shape index (κ1) is 20.7. The zero-order chi connectivity index (χ0) is 18.1. The number of likely N-dealkylation sites (N-methyl/N-ethyl adjacent to an activating group) is 2. The lowest BCUT2D eigenvalue weighted by Crippen LogP contribution is -2.46. The number of guanidine groups is 1. The monoisotopic (exact) mass is 339 g/mol. The van der Waals surface area contributed by atoms with Gasteiger partial charge < -0.3 is 15.1 Å². The van der Waals surface area contributed by atoms with Crippen molar-refractivity contribution in [2.45, 2.75) is 59.5 Å². The SMILES string of the molecule is CCNC(=NCCN(C(C)C)C1CC1)N(C)CC(=O)N(CC)CC. The van der Waals surface area contributed by atoms with Crippen molar-refractivity contribution in [2.24, 2.45) is 4.99 Å². The number of rotatable bonds is 10. The van der Waals surface area contributed by atoms with Crippen LogP contribution in [-0.2, 0) is 4.79 Å². The minimum absolute atomic E-state index is 0.148. The summed E-state index contributed by atoms with van der Waals surface area (Å²) >= 11 is 0. The average Bonchev–Trinajstić information content (AvgIpc) is 3.35. The molecule has 0 atom stereocenters. The van der Waals surface area contributed by atoms with Gasteiger partial charge in [-0.25, -0.2) is 0 Å². The van der Waals surface area contributed by atoms with E-state index in [9.17, 15) is 4.79 Å². The number of amides is 1. The largest absolute Gasteiger partial charge is 0.357 e. The second-order valence-corrected chi connectivity index (χ2v) is 6.72. The number of carbonyl (C=O) groups is 1. The van der Waals surface area contributed by atoms with Gasteiger partial charge in [0.25, 0.3) is 0 Å². The maximum Gasteiger partial charge on any atom is 0.242 e. The first-order valence-electron chi connectivity index (χ1n) is 9.47. The molecule has 0 aromatic heterocycles. The van der Waals surface area contributed by atoms with E-state index in [1.54, 1.807) is 0 Å². The molecule has 6 nitrogen and oxygen atoms in total. The number of hydrogen-bond acceptors (Lipinski definition) is 3. The minimum Gasteiger partial charge on any atom is -0.357 e. The summed E-state index contributed by atoms with van der Waals surface area (Å²) in [7, 11) is 1.93. The van der Waals surface area contributed by atoms with E-state index in [-0.39, 0.29) is 5.91 Å². The molecule has 0 unspecified atom stereocenters. The molecular formula is C18H37N5O. The molecule has 0 saturated heterocycles. The van der Waals surface area contributed by atoms with E-state index in [2.05, 4.69) is 31.0 Å². The zero-order valence-electron chi connectivity index (χ0n) is 16.5. The Bertz CT molecular complexity index is 400. The van der Waals surface area contributed by atoms with E-state index in [1.807, 2.05) is 30.7 Å². The Morgan fingerprint density at radius 1 is 1.21 bits per heavy atom. The van der Waals surface area contributed by atoms with Gasteiger partial charge in [0.2, 0.25) is 5.91 Å². The molecule has 1 aliphatic carbocycles. The van der Waals surface area contributed by atoms with Crippen molar-refractivity contribution >= 4 is 11.9 Å². The van der Waals surface area contributed by atoms with E-state index in [0.29, 0.717) is 12.6 Å². The van der Waals surface area contributed by atoms with Crippen molar-refractivity contribution in [2.75, 3.05) is 46.3 Å². The first-order chi connectivity index (χ1) is 11.4. The fourth-order valence-electron chi connectivity index (χ4n) is 2.96. The standard InChI is InChI=1S/C18H37N5O/c1-7-19-18(21(6)14-17(24)22(8-2)9-3)20-12-13-23(15(4)5)16-10-11-16/h15-16H,7-14H2,1-6H3,(H,19,20). The van der Waals surface area contributed by atoms with Gasteiger partial charge in [-0.3, -0.25) is 14.7 Å². The number of carbonyl (C=O) groups excluding carboxylic acids is 1. The van der Waals surface area contributed by atoms with Gasteiger partial charge in [0.15, 0.2) is 5.96 Å². The maximum absolute atomic E-state index is 12.3. The summed E-state index contributed by atoms with van der Waals surface area (Å²) in [5, 5.41) is 3.30. The van der Waals surface area contributed by atoms with E-state index in [1.165, 1.54) is 12.8 Å². The molecular weight excluding hydrogens is 302 g/mol. The zero-order valence-corrected chi connectivity index (χ0v) is 16.5. The van der Waals surface area contributed by atoms with Crippen LogP contribution in [0.25, 0.3) is 0 Å². The molecule has 24 heavy (non-hydrogen) atoms. The van der Waals surface area contributed by atoms with Gasteiger partial charge in [-0.15, -0.1) is 0 Å². The summed E-state index contributed by atoms with van der Waals surface area (Å²) in [5.41, 5.74) is 0. The molecule has 1 N–H and O–H groups in total. The Morgan fingerprint density at radius 2 is 1.83 bits per heavy atom. The Morgan fingerprint density at radius 3 is 2.29 bits per heavy atom. The number of aliphatic imine (C=N–C) groups is 1. The highest BCUT2D eigenvalue weighted by atomic mass is 16.2. The van der Waals surface area contributed by atoms with Crippen molar-refractivity contribution in [1.29, 1.82) is 0 Å². The molecule has 6 heteroatoms. The Hall–Kier alpha value is -1.30. The van der Waals surface area contributed by atoms with Gasteiger partial charge >= 0.3 is 0 Å². The maximum atomic E-state index is 12.3. The number of nitrogens with zero attached hydrogens (tertiary/aromatic N) is 4. The highest BCUT2D eigenvalue weighted by Gasteiger charge is 2.30. The fraction of sp³-hybridized carbons (Fsp3) is 0.889. The molecule has 1 rings (SSSR count). The van der Waals surface area contributed by atoms with Crippen molar-refractivity contribution in [3.63, 3.8) is 0 Å². The van der Waals surface area contributed by atoms with Gasteiger partial charge in [-0.1, -0.05) is 0 Å². The van der Waals surface area contributed by atoms with Gasteiger partial charge in [0, 0.05) is 45.3 Å². The Labute approximate surface area is 148 Å². The van der Waals surface area contributed by atoms with Gasteiger partial charge in [-0.05, 0) is 47.5 Å². The lowest BCUT2D eigenvalue weighted by atomic mass is 10.3. The predicted octanol–water partition coefficient (Wildman–Crippen LogP) is 1.62. The molecule has 1 aliphatic rings. The van der Waals surface area contributed by atoms with Gasteiger partial charge in [-0.2, -0.15) is 0 Å². The van der Waals surface area contributed by atoms with Crippen LogP contribution in [-0.4, -0.2) is 85.0 Å².